The summed E-state index contributed by atoms with van der Waals surface area (Å²) in [5.41, 5.74) is 0.850. The smallest absolute Gasteiger partial charge is 0.310 e. The molecule has 2 rings (SSSR count). The quantitative estimate of drug-likeness (QED) is 0.867. The molecule has 2 unspecified atom stereocenters. The highest BCUT2D eigenvalue weighted by Gasteiger charge is 2.40. The van der Waals surface area contributed by atoms with Gasteiger partial charge in [0.15, 0.2) is 0 Å². The van der Waals surface area contributed by atoms with Gasteiger partial charge < -0.3 is 10.0 Å². The lowest BCUT2D eigenvalue weighted by atomic mass is 9.77. The molecule has 0 spiro atoms. The number of carboxylic acids is 1. The maximum atomic E-state index is 11.6. The predicted molar refractivity (Wildman–Crippen MR) is 85.5 cm³/mol. The fourth-order valence-corrected chi connectivity index (χ4v) is 3.36. The molecule has 1 heterocycles. The summed E-state index contributed by atoms with van der Waals surface area (Å²) in [5, 5.41) is 9.54. The van der Waals surface area contributed by atoms with Crippen molar-refractivity contribution in [1.29, 1.82) is 0 Å². The Hall–Kier alpha value is -1.35. The van der Waals surface area contributed by atoms with Gasteiger partial charge in [-0.05, 0) is 50.3 Å². The Morgan fingerprint density at radius 3 is 2.71 bits per heavy atom. The van der Waals surface area contributed by atoms with Crippen molar-refractivity contribution in [3.05, 3.63) is 35.9 Å². The Labute approximate surface area is 128 Å². The van der Waals surface area contributed by atoms with Gasteiger partial charge in [-0.25, -0.2) is 0 Å². The number of rotatable bonds is 6. The lowest BCUT2D eigenvalue weighted by Gasteiger charge is -2.39. The van der Waals surface area contributed by atoms with E-state index in [2.05, 4.69) is 36.1 Å². The summed E-state index contributed by atoms with van der Waals surface area (Å²) in [4.78, 5) is 13.9. The number of nitrogens with zero attached hydrogens (tertiary/aromatic N) is 1. The van der Waals surface area contributed by atoms with E-state index >= 15 is 0 Å². The van der Waals surface area contributed by atoms with Gasteiger partial charge >= 0.3 is 5.97 Å². The van der Waals surface area contributed by atoms with Gasteiger partial charge in [-0.1, -0.05) is 44.2 Å². The monoisotopic (exact) mass is 289 g/mol. The van der Waals surface area contributed by atoms with Gasteiger partial charge in [-0.15, -0.1) is 0 Å². The van der Waals surface area contributed by atoms with Gasteiger partial charge in [0.05, 0.1) is 5.41 Å². The van der Waals surface area contributed by atoms with Crippen molar-refractivity contribution in [2.24, 2.45) is 5.41 Å². The molecular weight excluding hydrogens is 262 g/mol. The molecule has 3 heteroatoms. The van der Waals surface area contributed by atoms with Gasteiger partial charge in [-0.3, -0.25) is 4.79 Å². The zero-order valence-electron chi connectivity index (χ0n) is 13.2. The highest BCUT2D eigenvalue weighted by molar-refractivity contribution is 5.75. The van der Waals surface area contributed by atoms with Crippen LogP contribution in [0.3, 0.4) is 0 Å². The molecule has 2 atom stereocenters. The fourth-order valence-electron chi connectivity index (χ4n) is 3.36. The van der Waals surface area contributed by atoms with E-state index < -0.39 is 11.4 Å². The zero-order valence-corrected chi connectivity index (χ0v) is 13.2. The highest BCUT2D eigenvalue weighted by Crippen LogP contribution is 2.34. The van der Waals surface area contributed by atoms with Crippen molar-refractivity contribution in [3.8, 4) is 0 Å². The van der Waals surface area contributed by atoms with Gasteiger partial charge in [0, 0.05) is 6.54 Å². The molecule has 3 nitrogen and oxygen atoms in total. The second-order valence-electron chi connectivity index (χ2n) is 6.42. The fraction of sp³-hybridized carbons (Fsp3) is 0.611. The summed E-state index contributed by atoms with van der Waals surface area (Å²) in [7, 11) is 0. The molecule has 0 bridgehead atoms. The number of likely N-dealkylation sites (tertiary alicyclic amines) is 1. The summed E-state index contributed by atoms with van der Waals surface area (Å²) in [6, 6.07) is 10.6. The summed E-state index contributed by atoms with van der Waals surface area (Å²) < 4.78 is 0. The van der Waals surface area contributed by atoms with Crippen LogP contribution in [0, 0.1) is 5.41 Å². The number of hydrogen-bond donors (Lipinski definition) is 1. The van der Waals surface area contributed by atoms with Crippen molar-refractivity contribution < 1.29 is 9.90 Å². The number of piperidine rings is 1. The number of benzene rings is 1. The van der Waals surface area contributed by atoms with Crippen LogP contribution in [-0.2, 0) is 4.79 Å². The largest absolute Gasteiger partial charge is 0.481 e. The molecule has 0 aromatic heterocycles. The standard InChI is InChI=1S/C18H27NO2/c1-3-18(17(20)21)11-7-12-19(14-18)13-10-15(2)16-8-5-4-6-9-16/h4-6,8-9,15H,3,7,10-14H2,1-2H3,(H,20,21). The minimum atomic E-state index is -0.620. The first-order valence-corrected chi connectivity index (χ1v) is 8.08. The second-order valence-corrected chi connectivity index (χ2v) is 6.42. The van der Waals surface area contributed by atoms with Crippen LogP contribution < -0.4 is 0 Å². The van der Waals surface area contributed by atoms with E-state index in [-0.39, 0.29) is 0 Å². The van der Waals surface area contributed by atoms with E-state index in [4.69, 9.17) is 0 Å². The first-order chi connectivity index (χ1) is 10.1. The molecule has 1 fully saturated rings. The minimum absolute atomic E-state index is 0.520. The average molecular weight is 289 g/mol. The Morgan fingerprint density at radius 1 is 1.38 bits per heavy atom. The third-order valence-electron chi connectivity index (χ3n) is 5.03. The minimum Gasteiger partial charge on any atom is -0.481 e. The van der Waals surface area contributed by atoms with Crippen LogP contribution in [0.5, 0.6) is 0 Å². The van der Waals surface area contributed by atoms with E-state index in [1.54, 1.807) is 0 Å². The van der Waals surface area contributed by atoms with Crippen LogP contribution in [0.1, 0.15) is 51.0 Å². The number of carbonyl (C=O) groups is 1. The van der Waals surface area contributed by atoms with Crippen LogP contribution in [0.4, 0.5) is 0 Å². The topological polar surface area (TPSA) is 40.5 Å². The zero-order chi connectivity index (χ0) is 15.3. The Bertz CT molecular complexity index is 460. The molecule has 1 N–H and O–H groups in total. The van der Waals surface area contributed by atoms with Gasteiger partial charge in [0.2, 0.25) is 0 Å². The molecule has 0 radical (unpaired) electrons. The molecule has 1 aliphatic heterocycles. The molecule has 21 heavy (non-hydrogen) atoms. The predicted octanol–water partition coefficient (Wildman–Crippen LogP) is 3.76. The first-order valence-electron chi connectivity index (χ1n) is 8.08. The summed E-state index contributed by atoms with van der Waals surface area (Å²) in [6.45, 7) is 7.00. The SMILES string of the molecule is CCC1(C(=O)O)CCCN(CCC(C)c2ccccc2)C1. The van der Waals surface area contributed by atoms with E-state index in [9.17, 15) is 9.90 Å². The molecule has 1 aliphatic rings. The maximum absolute atomic E-state index is 11.6. The van der Waals surface area contributed by atoms with Crippen LogP contribution in [0.25, 0.3) is 0 Å². The Morgan fingerprint density at radius 2 is 2.10 bits per heavy atom. The second kappa shape index (κ2) is 7.08. The molecular formula is C18H27NO2. The lowest BCUT2D eigenvalue weighted by molar-refractivity contribution is -0.152. The van der Waals surface area contributed by atoms with Gasteiger partial charge in [0.1, 0.15) is 0 Å². The van der Waals surface area contributed by atoms with Gasteiger partial charge in [0.25, 0.3) is 0 Å². The van der Waals surface area contributed by atoms with Crippen molar-refractivity contribution in [3.63, 3.8) is 0 Å². The van der Waals surface area contributed by atoms with Crippen LogP contribution >= 0.6 is 0 Å². The lowest BCUT2D eigenvalue weighted by Crippen LogP contribution is -2.47. The van der Waals surface area contributed by atoms with E-state index in [0.29, 0.717) is 12.5 Å². The van der Waals surface area contributed by atoms with Crippen molar-refractivity contribution in [2.45, 2.75) is 45.4 Å². The summed E-state index contributed by atoms with van der Waals surface area (Å²) in [5.74, 6) is -0.0974. The molecule has 1 aromatic rings. The molecule has 116 valence electrons. The molecule has 0 aliphatic carbocycles. The van der Waals surface area contributed by atoms with Crippen LogP contribution in [-0.4, -0.2) is 35.6 Å². The van der Waals surface area contributed by atoms with Gasteiger partial charge in [-0.2, -0.15) is 0 Å². The molecule has 0 saturated carbocycles. The van der Waals surface area contributed by atoms with Crippen molar-refractivity contribution >= 4 is 5.97 Å². The number of carboxylic acid groups (broad SMARTS) is 1. The third kappa shape index (κ3) is 3.85. The van der Waals surface area contributed by atoms with E-state index in [0.717, 1.165) is 38.8 Å². The van der Waals surface area contributed by atoms with E-state index in [1.807, 2.05) is 13.0 Å². The summed E-state index contributed by atoms with van der Waals surface area (Å²) >= 11 is 0. The molecule has 1 saturated heterocycles. The van der Waals surface area contributed by atoms with E-state index in [1.165, 1.54) is 5.56 Å². The van der Waals surface area contributed by atoms with Crippen molar-refractivity contribution in [1.82, 2.24) is 4.90 Å². The number of hydrogen-bond acceptors (Lipinski definition) is 2. The molecule has 0 amide bonds. The number of aliphatic carboxylic acids is 1. The summed E-state index contributed by atoms with van der Waals surface area (Å²) in [6.07, 6.45) is 3.64. The van der Waals surface area contributed by atoms with Crippen LogP contribution in [0.15, 0.2) is 30.3 Å². The Kier molecular flexibility index (Phi) is 5.40. The Balaban J connectivity index is 1.90. The average Bonchev–Trinajstić information content (AvgIpc) is 2.53. The normalized spacial score (nSPS) is 24.7. The highest BCUT2D eigenvalue weighted by atomic mass is 16.4. The maximum Gasteiger partial charge on any atom is 0.310 e. The first kappa shape index (κ1) is 16.0. The van der Waals surface area contributed by atoms with Crippen LogP contribution in [0.2, 0.25) is 0 Å². The van der Waals surface area contributed by atoms with Crippen molar-refractivity contribution in [2.75, 3.05) is 19.6 Å². The third-order valence-corrected chi connectivity index (χ3v) is 5.03. The molecule has 1 aromatic carbocycles.